The van der Waals surface area contributed by atoms with E-state index in [0.717, 1.165) is 34.3 Å². The zero-order valence-corrected chi connectivity index (χ0v) is 17.2. The first-order valence-electron chi connectivity index (χ1n) is 9.48. The maximum absolute atomic E-state index is 12.8. The van der Waals surface area contributed by atoms with Gasteiger partial charge in [-0.15, -0.1) is 0 Å². The molecule has 152 valence electrons. The first-order chi connectivity index (χ1) is 14.1. The molecule has 7 heteroatoms. The number of aromatic nitrogens is 1. The van der Waals surface area contributed by atoms with Crippen LogP contribution in [-0.4, -0.2) is 50.0 Å². The highest BCUT2D eigenvalue weighted by molar-refractivity contribution is 6.31. The van der Waals surface area contributed by atoms with Crippen molar-refractivity contribution in [1.29, 1.82) is 0 Å². The highest BCUT2D eigenvalue weighted by Gasteiger charge is 2.35. The predicted octanol–water partition coefficient (Wildman–Crippen LogP) is 4.56. The van der Waals surface area contributed by atoms with E-state index in [1.807, 2.05) is 42.5 Å². The Balaban J connectivity index is 1.77. The van der Waals surface area contributed by atoms with Gasteiger partial charge < -0.3 is 19.2 Å². The third-order valence-corrected chi connectivity index (χ3v) is 5.50. The van der Waals surface area contributed by atoms with E-state index >= 15 is 0 Å². The van der Waals surface area contributed by atoms with Gasteiger partial charge in [0, 0.05) is 35.3 Å². The molecule has 0 bridgehead atoms. The largest absolute Gasteiger partial charge is 0.497 e. The minimum atomic E-state index is -0.356. The lowest BCUT2D eigenvalue weighted by Crippen LogP contribution is -2.41. The summed E-state index contributed by atoms with van der Waals surface area (Å²) >= 11 is 6.23. The van der Waals surface area contributed by atoms with E-state index < -0.39 is 0 Å². The average molecular weight is 415 g/mol. The van der Waals surface area contributed by atoms with Crippen molar-refractivity contribution in [1.82, 2.24) is 9.88 Å². The number of hydrogen-bond donors (Lipinski definition) is 1. The zero-order chi connectivity index (χ0) is 20.4. The van der Waals surface area contributed by atoms with E-state index in [-0.39, 0.29) is 18.7 Å². The van der Waals surface area contributed by atoms with Gasteiger partial charge in [-0.05, 0) is 47.9 Å². The van der Waals surface area contributed by atoms with E-state index in [4.69, 9.17) is 25.8 Å². The fourth-order valence-electron chi connectivity index (χ4n) is 3.89. The van der Waals surface area contributed by atoms with Crippen molar-refractivity contribution >= 4 is 28.6 Å². The molecule has 0 spiro atoms. The summed E-state index contributed by atoms with van der Waals surface area (Å²) < 4.78 is 15.7. The van der Waals surface area contributed by atoms with Gasteiger partial charge in [0.15, 0.2) is 0 Å². The Labute approximate surface area is 174 Å². The third-order valence-electron chi connectivity index (χ3n) is 5.27. The van der Waals surface area contributed by atoms with Crippen molar-refractivity contribution in [2.45, 2.75) is 12.5 Å². The molecule has 1 aliphatic rings. The van der Waals surface area contributed by atoms with Crippen molar-refractivity contribution < 1.29 is 19.0 Å². The smallest absolute Gasteiger partial charge is 0.410 e. The average Bonchev–Trinajstić information content (AvgIpc) is 3.11. The number of benzene rings is 2. The van der Waals surface area contributed by atoms with Crippen LogP contribution < -0.4 is 4.74 Å². The van der Waals surface area contributed by atoms with Crippen LogP contribution in [0.1, 0.15) is 22.9 Å². The van der Waals surface area contributed by atoms with Gasteiger partial charge in [0.05, 0.1) is 13.7 Å². The van der Waals surface area contributed by atoms with Crippen LogP contribution in [0, 0.1) is 0 Å². The third kappa shape index (κ3) is 3.78. The minimum Gasteiger partial charge on any atom is -0.497 e. The number of aromatic amines is 1. The number of amides is 1. The monoisotopic (exact) mass is 414 g/mol. The molecule has 1 N–H and O–H groups in total. The predicted molar refractivity (Wildman–Crippen MR) is 112 cm³/mol. The molecule has 0 radical (unpaired) electrons. The number of halogens is 1. The van der Waals surface area contributed by atoms with E-state index in [9.17, 15) is 4.79 Å². The summed E-state index contributed by atoms with van der Waals surface area (Å²) in [5.41, 5.74) is 4.16. The van der Waals surface area contributed by atoms with Crippen LogP contribution in [0.4, 0.5) is 4.79 Å². The molecule has 0 saturated heterocycles. The van der Waals surface area contributed by atoms with Gasteiger partial charge in [-0.25, -0.2) is 4.79 Å². The normalized spacial score (nSPS) is 16.0. The molecule has 1 unspecified atom stereocenters. The molecule has 6 nitrogen and oxygen atoms in total. The highest BCUT2D eigenvalue weighted by atomic mass is 35.5. The van der Waals surface area contributed by atoms with Gasteiger partial charge in [-0.2, -0.15) is 0 Å². The molecule has 0 fully saturated rings. The maximum atomic E-state index is 12.8. The Bertz CT molecular complexity index is 1020. The van der Waals surface area contributed by atoms with Gasteiger partial charge in [0.1, 0.15) is 18.4 Å². The zero-order valence-electron chi connectivity index (χ0n) is 16.4. The quantitative estimate of drug-likeness (QED) is 0.621. The summed E-state index contributed by atoms with van der Waals surface area (Å²) in [4.78, 5) is 18.1. The van der Waals surface area contributed by atoms with Crippen LogP contribution in [0.15, 0.2) is 42.5 Å². The molecule has 0 aliphatic carbocycles. The number of nitrogens with zero attached hydrogens (tertiary/aromatic N) is 1. The number of ether oxygens (including phenoxy) is 3. The number of H-pyrrole nitrogens is 1. The van der Waals surface area contributed by atoms with E-state index in [1.54, 1.807) is 19.1 Å². The van der Waals surface area contributed by atoms with Crippen LogP contribution in [0.2, 0.25) is 5.02 Å². The lowest BCUT2D eigenvalue weighted by Gasteiger charge is -2.35. The number of methoxy groups -OCH3 is 2. The molecule has 1 amide bonds. The second-order valence-corrected chi connectivity index (χ2v) is 7.37. The van der Waals surface area contributed by atoms with Crippen molar-refractivity contribution in [2.24, 2.45) is 0 Å². The van der Waals surface area contributed by atoms with Crippen LogP contribution in [0.3, 0.4) is 0 Å². The summed E-state index contributed by atoms with van der Waals surface area (Å²) in [6, 6.07) is 13.3. The molecule has 3 aromatic rings. The van der Waals surface area contributed by atoms with Gasteiger partial charge in [0.25, 0.3) is 0 Å². The minimum absolute atomic E-state index is 0.219. The maximum Gasteiger partial charge on any atom is 0.410 e. The SMILES string of the molecule is COCCOC(=O)N1CCc2c([nH]c3ccc(Cl)cc23)C1c1ccc(OC)cc1. The lowest BCUT2D eigenvalue weighted by atomic mass is 9.92. The van der Waals surface area contributed by atoms with Crippen molar-refractivity contribution in [3.05, 3.63) is 64.3 Å². The highest BCUT2D eigenvalue weighted by Crippen LogP contribution is 2.39. The van der Waals surface area contributed by atoms with E-state index in [2.05, 4.69) is 4.98 Å². The Morgan fingerprint density at radius 3 is 2.69 bits per heavy atom. The molecule has 1 aliphatic heterocycles. The first kappa shape index (κ1) is 19.6. The fraction of sp³-hybridized carbons (Fsp3) is 0.318. The molecule has 2 heterocycles. The summed E-state index contributed by atoms with van der Waals surface area (Å²) in [5.74, 6) is 0.766. The summed E-state index contributed by atoms with van der Waals surface area (Å²) in [6.07, 6.45) is 0.368. The van der Waals surface area contributed by atoms with Gasteiger partial charge in [-0.3, -0.25) is 4.90 Å². The molecule has 1 atom stereocenters. The molecular weight excluding hydrogens is 392 g/mol. The van der Waals surface area contributed by atoms with Crippen LogP contribution in [0.25, 0.3) is 10.9 Å². The fourth-order valence-corrected chi connectivity index (χ4v) is 4.06. The summed E-state index contributed by atoms with van der Waals surface area (Å²) in [6.45, 7) is 1.13. The molecule has 29 heavy (non-hydrogen) atoms. The summed E-state index contributed by atoms with van der Waals surface area (Å²) in [5, 5.41) is 1.79. The number of fused-ring (bicyclic) bond motifs is 3. The van der Waals surface area contributed by atoms with E-state index in [1.165, 1.54) is 5.56 Å². The first-order valence-corrected chi connectivity index (χ1v) is 9.86. The molecule has 4 rings (SSSR count). The van der Waals surface area contributed by atoms with Crippen LogP contribution in [0.5, 0.6) is 5.75 Å². The Hall–Kier alpha value is -2.70. The van der Waals surface area contributed by atoms with Crippen molar-refractivity contribution in [3.8, 4) is 5.75 Å². The van der Waals surface area contributed by atoms with Gasteiger partial charge >= 0.3 is 6.09 Å². The van der Waals surface area contributed by atoms with Crippen LogP contribution in [-0.2, 0) is 15.9 Å². The molecule has 1 aromatic heterocycles. The molecular formula is C22H23ClN2O4. The standard InChI is InChI=1S/C22H23ClN2O4/c1-27-11-12-29-22(26)25-10-9-17-18-13-15(23)5-8-19(18)24-20(17)21(25)14-3-6-16(28-2)7-4-14/h3-8,13,21,24H,9-12H2,1-2H3. The summed E-state index contributed by atoms with van der Waals surface area (Å²) in [7, 11) is 3.21. The second-order valence-electron chi connectivity index (χ2n) is 6.93. The van der Waals surface area contributed by atoms with Gasteiger partial charge in [-0.1, -0.05) is 23.7 Å². The second kappa shape index (κ2) is 8.35. The number of carbonyl (C=O) groups is 1. The number of rotatable bonds is 5. The topological polar surface area (TPSA) is 63.8 Å². The molecule has 0 saturated carbocycles. The number of nitrogens with one attached hydrogen (secondary N) is 1. The Kier molecular flexibility index (Phi) is 5.65. The Morgan fingerprint density at radius 1 is 1.17 bits per heavy atom. The molecule has 2 aromatic carbocycles. The lowest BCUT2D eigenvalue weighted by molar-refractivity contribution is 0.0629. The number of carbonyl (C=O) groups excluding carboxylic acids is 1. The van der Waals surface area contributed by atoms with E-state index in [0.29, 0.717) is 18.2 Å². The Morgan fingerprint density at radius 2 is 1.97 bits per heavy atom. The van der Waals surface area contributed by atoms with Gasteiger partial charge in [0.2, 0.25) is 0 Å². The van der Waals surface area contributed by atoms with Crippen LogP contribution >= 0.6 is 11.6 Å². The number of hydrogen-bond acceptors (Lipinski definition) is 4. The van der Waals surface area contributed by atoms with Crippen molar-refractivity contribution in [3.63, 3.8) is 0 Å². The van der Waals surface area contributed by atoms with Crippen molar-refractivity contribution in [2.75, 3.05) is 34.0 Å².